The lowest BCUT2D eigenvalue weighted by Gasteiger charge is -2.32. The van der Waals surface area contributed by atoms with Crippen molar-refractivity contribution in [1.29, 1.82) is 0 Å². The summed E-state index contributed by atoms with van der Waals surface area (Å²) in [6.45, 7) is 5.83. The standard InChI is InChI=1S/C16H22N2O5/c1-12-11-13(15(19)20)3-4-14(12)23-10-2-5-17-6-8-18(9-7-17)16(21)22/h3-4,11H,2,5-10H2,1H3,(H,19,20)(H,21,22). The number of nitrogens with zero attached hydrogens (tertiary/aromatic N) is 2. The molecule has 1 saturated heterocycles. The lowest BCUT2D eigenvalue weighted by Crippen LogP contribution is -2.48. The highest BCUT2D eigenvalue weighted by Gasteiger charge is 2.19. The Kier molecular flexibility index (Phi) is 5.81. The van der Waals surface area contributed by atoms with Crippen LogP contribution in [0.3, 0.4) is 0 Å². The van der Waals surface area contributed by atoms with E-state index < -0.39 is 12.1 Å². The molecule has 0 radical (unpaired) electrons. The van der Waals surface area contributed by atoms with E-state index >= 15 is 0 Å². The summed E-state index contributed by atoms with van der Waals surface area (Å²) in [5.74, 6) is -0.245. The number of benzene rings is 1. The van der Waals surface area contributed by atoms with Crippen LogP contribution in [0, 0.1) is 6.92 Å². The quantitative estimate of drug-likeness (QED) is 0.776. The minimum Gasteiger partial charge on any atom is -0.493 e. The number of amides is 1. The largest absolute Gasteiger partial charge is 0.493 e. The van der Waals surface area contributed by atoms with E-state index in [1.165, 1.54) is 11.0 Å². The summed E-state index contributed by atoms with van der Waals surface area (Å²) >= 11 is 0. The zero-order valence-corrected chi connectivity index (χ0v) is 13.2. The van der Waals surface area contributed by atoms with Gasteiger partial charge < -0.3 is 19.8 Å². The molecule has 1 aliphatic heterocycles. The summed E-state index contributed by atoms with van der Waals surface area (Å²) in [6, 6.07) is 4.82. The van der Waals surface area contributed by atoms with Crippen molar-refractivity contribution >= 4 is 12.1 Å². The minimum absolute atomic E-state index is 0.256. The van der Waals surface area contributed by atoms with Gasteiger partial charge in [-0.25, -0.2) is 9.59 Å². The minimum atomic E-state index is -0.944. The Hall–Kier alpha value is -2.28. The number of rotatable bonds is 6. The van der Waals surface area contributed by atoms with Crippen molar-refractivity contribution < 1.29 is 24.5 Å². The van der Waals surface area contributed by atoms with Crippen molar-refractivity contribution in [2.24, 2.45) is 0 Å². The van der Waals surface area contributed by atoms with Crippen LogP contribution in [0.4, 0.5) is 4.79 Å². The molecule has 0 aliphatic carbocycles. The Bertz CT molecular complexity index is 568. The molecule has 23 heavy (non-hydrogen) atoms. The molecule has 0 atom stereocenters. The zero-order valence-electron chi connectivity index (χ0n) is 13.2. The van der Waals surface area contributed by atoms with Crippen LogP contribution in [0.5, 0.6) is 5.75 Å². The van der Waals surface area contributed by atoms with E-state index in [0.29, 0.717) is 25.4 Å². The van der Waals surface area contributed by atoms with Crippen molar-refractivity contribution in [1.82, 2.24) is 9.80 Å². The van der Waals surface area contributed by atoms with Crippen molar-refractivity contribution in [2.45, 2.75) is 13.3 Å². The molecule has 1 aliphatic rings. The molecule has 1 fully saturated rings. The molecule has 1 amide bonds. The maximum atomic E-state index is 10.9. The molecule has 7 heteroatoms. The van der Waals surface area contributed by atoms with E-state index in [2.05, 4.69) is 4.90 Å². The molecule has 0 spiro atoms. The highest BCUT2D eigenvalue weighted by atomic mass is 16.5. The number of hydrogen-bond acceptors (Lipinski definition) is 4. The first-order valence-electron chi connectivity index (χ1n) is 7.64. The fourth-order valence-corrected chi connectivity index (χ4v) is 2.58. The summed E-state index contributed by atoms with van der Waals surface area (Å²) in [7, 11) is 0. The van der Waals surface area contributed by atoms with Gasteiger partial charge in [0.15, 0.2) is 0 Å². The van der Waals surface area contributed by atoms with E-state index in [-0.39, 0.29) is 5.56 Å². The highest BCUT2D eigenvalue weighted by molar-refractivity contribution is 5.88. The maximum Gasteiger partial charge on any atom is 0.407 e. The van der Waals surface area contributed by atoms with Crippen LogP contribution < -0.4 is 4.74 Å². The number of carboxylic acid groups (broad SMARTS) is 2. The molecule has 1 heterocycles. The molecule has 2 N–H and O–H groups in total. The molecule has 1 aromatic rings. The van der Waals surface area contributed by atoms with Gasteiger partial charge in [0.1, 0.15) is 5.75 Å². The SMILES string of the molecule is Cc1cc(C(=O)O)ccc1OCCCN1CCN(C(=O)O)CC1. The Morgan fingerprint density at radius 2 is 1.87 bits per heavy atom. The van der Waals surface area contributed by atoms with Crippen LogP contribution in [0.15, 0.2) is 18.2 Å². The van der Waals surface area contributed by atoms with Crippen LogP contribution in [-0.2, 0) is 0 Å². The Balaban J connectivity index is 1.70. The first-order chi connectivity index (χ1) is 11.0. The molecule has 7 nitrogen and oxygen atoms in total. The molecule has 0 saturated carbocycles. The number of carbonyl (C=O) groups is 2. The average Bonchev–Trinajstić information content (AvgIpc) is 2.53. The highest BCUT2D eigenvalue weighted by Crippen LogP contribution is 2.19. The third-order valence-electron chi connectivity index (χ3n) is 3.94. The van der Waals surface area contributed by atoms with E-state index in [1.54, 1.807) is 12.1 Å². The normalized spacial score (nSPS) is 15.4. The summed E-state index contributed by atoms with van der Waals surface area (Å²) < 4.78 is 5.70. The number of carboxylic acids is 1. The number of piperazine rings is 1. The lowest BCUT2D eigenvalue weighted by atomic mass is 10.1. The van der Waals surface area contributed by atoms with Gasteiger partial charge in [-0.2, -0.15) is 0 Å². The lowest BCUT2D eigenvalue weighted by molar-refractivity contribution is 0.0696. The number of aryl methyl sites for hydroxylation is 1. The van der Waals surface area contributed by atoms with E-state index in [0.717, 1.165) is 31.6 Å². The predicted molar refractivity (Wildman–Crippen MR) is 84.3 cm³/mol. The molecule has 2 rings (SSSR count). The molecular formula is C16H22N2O5. The molecule has 1 aromatic carbocycles. The van der Waals surface area contributed by atoms with Gasteiger partial charge in [0.2, 0.25) is 0 Å². The van der Waals surface area contributed by atoms with Crippen LogP contribution in [0.1, 0.15) is 22.3 Å². The second-order valence-electron chi connectivity index (χ2n) is 5.60. The fraction of sp³-hybridized carbons (Fsp3) is 0.500. The van der Waals surface area contributed by atoms with E-state index in [1.807, 2.05) is 6.92 Å². The Morgan fingerprint density at radius 1 is 1.17 bits per heavy atom. The van der Waals surface area contributed by atoms with Gasteiger partial charge >= 0.3 is 12.1 Å². The van der Waals surface area contributed by atoms with Gasteiger partial charge in [0.05, 0.1) is 12.2 Å². The maximum absolute atomic E-state index is 10.9. The summed E-state index contributed by atoms with van der Waals surface area (Å²) in [5.41, 5.74) is 1.06. The Morgan fingerprint density at radius 3 is 2.43 bits per heavy atom. The zero-order chi connectivity index (χ0) is 16.8. The van der Waals surface area contributed by atoms with Crippen molar-refractivity contribution in [2.75, 3.05) is 39.3 Å². The topological polar surface area (TPSA) is 90.3 Å². The Labute approximate surface area is 135 Å². The molecule has 0 unspecified atom stereocenters. The van der Waals surface area contributed by atoms with Crippen LogP contribution in [0.25, 0.3) is 0 Å². The number of ether oxygens (including phenoxy) is 1. The third-order valence-corrected chi connectivity index (χ3v) is 3.94. The van der Waals surface area contributed by atoms with Gasteiger partial charge in [0.25, 0.3) is 0 Å². The van der Waals surface area contributed by atoms with Crippen molar-refractivity contribution in [3.8, 4) is 5.75 Å². The fourth-order valence-electron chi connectivity index (χ4n) is 2.58. The molecular weight excluding hydrogens is 300 g/mol. The first-order valence-corrected chi connectivity index (χ1v) is 7.64. The molecule has 126 valence electrons. The van der Waals surface area contributed by atoms with Crippen molar-refractivity contribution in [3.63, 3.8) is 0 Å². The second-order valence-corrected chi connectivity index (χ2v) is 5.60. The van der Waals surface area contributed by atoms with E-state index in [9.17, 15) is 9.59 Å². The van der Waals surface area contributed by atoms with Gasteiger partial charge in [-0.05, 0) is 37.1 Å². The average molecular weight is 322 g/mol. The summed E-state index contributed by atoms with van der Waals surface area (Å²) in [4.78, 5) is 25.4. The first kappa shape index (κ1) is 17.1. The molecule has 0 bridgehead atoms. The van der Waals surface area contributed by atoms with E-state index in [4.69, 9.17) is 14.9 Å². The molecule has 0 aromatic heterocycles. The second kappa shape index (κ2) is 7.82. The third kappa shape index (κ3) is 4.85. The monoisotopic (exact) mass is 322 g/mol. The van der Waals surface area contributed by atoms with Crippen LogP contribution >= 0.6 is 0 Å². The summed E-state index contributed by atoms with van der Waals surface area (Å²) in [5, 5.41) is 17.8. The van der Waals surface area contributed by atoms with Gasteiger partial charge in [-0.3, -0.25) is 4.90 Å². The van der Waals surface area contributed by atoms with Crippen LogP contribution in [0.2, 0.25) is 0 Å². The smallest absolute Gasteiger partial charge is 0.407 e. The predicted octanol–water partition coefficient (Wildman–Crippen LogP) is 1.76. The van der Waals surface area contributed by atoms with Gasteiger partial charge in [-0.1, -0.05) is 0 Å². The van der Waals surface area contributed by atoms with Gasteiger partial charge in [-0.15, -0.1) is 0 Å². The summed E-state index contributed by atoms with van der Waals surface area (Å²) in [6.07, 6.45) is -0.0130. The number of hydrogen-bond donors (Lipinski definition) is 2. The van der Waals surface area contributed by atoms with Crippen LogP contribution in [-0.4, -0.2) is 71.4 Å². The van der Waals surface area contributed by atoms with Crippen molar-refractivity contribution in [3.05, 3.63) is 29.3 Å². The number of aromatic carboxylic acids is 1. The van der Waals surface area contributed by atoms with Gasteiger partial charge in [0, 0.05) is 32.7 Å².